The Kier molecular flexibility index (Phi) is 8.61. The number of hydrogen-bond acceptors (Lipinski definition) is 7. The van der Waals surface area contributed by atoms with Gasteiger partial charge in [-0.15, -0.1) is 0 Å². The third-order valence-electron chi connectivity index (χ3n) is 5.33. The number of nitrogens with one attached hydrogen (secondary N) is 1. The Hall–Kier alpha value is -3.36. The van der Waals surface area contributed by atoms with Gasteiger partial charge in [-0.2, -0.15) is 0 Å². The van der Waals surface area contributed by atoms with E-state index in [1.165, 1.54) is 30.2 Å². The molecule has 1 aliphatic carbocycles. The van der Waals surface area contributed by atoms with Crippen LogP contribution in [0, 0.1) is 5.92 Å². The first-order valence-electron chi connectivity index (χ1n) is 11.7. The highest BCUT2D eigenvalue weighted by atomic mass is 35.5. The number of carbonyl (C=O) groups is 2. The number of aromatic nitrogens is 1. The van der Waals surface area contributed by atoms with Crippen LogP contribution in [0.15, 0.2) is 54.7 Å². The summed E-state index contributed by atoms with van der Waals surface area (Å²) >= 11 is 7.71. The minimum Gasteiger partial charge on any atom is -0.493 e. The van der Waals surface area contributed by atoms with Crippen LogP contribution >= 0.6 is 22.9 Å². The molecule has 0 spiro atoms. The monoisotopic (exact) mass is 526 g/mol. The Morgan fingerprint density at radius 1 is 1.22 bits per heavy atom. The van der Waals surface area contributed by atoms with Crippen molar-refractivity contribution in [3.05, 3.63) is 75.8 Å². The van der Waals surface area contributed by atoms with Gasteiger partial charge in [0.15, 0.2) is 0 Å². The average molecular weight is 527 g/mol. The van der Waals surface area contributed by atoms with Crippen LogP contribution < -0.4 is 14.8 Å². The van der Waals surface area contributed by atoms with Crippen molar-refractivity contribution in [2.45, 2.75) is 32.7 Å². The Labute approximate surface area is 219 Å². The third kappa shape index (κ3) is 7.32. The maximum absolute atomic E-state index is 12.6. The molecule has 0 unspecified atom stereocenters. The number of carbonyl (C=O) groups excluding carboxylic acids is 2. The highest BCUT2D eigenvalue weighted by molar-refractivity contribution is 7.14. The van der Waals surface area contributed by atoms with Crippen molar-refractivity contribution in [2.24, 2.45) is 5.92 Å². The number of benzene rings is 2. The number of nitrogens with zero attached hydrogens (tertiary/aromatic N) is 1. The molecule has 4 rings (SSSR count). The molecule has 1 saturated carbocycles. The zero-order valence-corrected chi connectivity index (χ0v) is 21.6. The quantitative estimate of drug-likeness (QED) is 0.291. The number of hydrogen-bond donors (Lipinski definition) is 1. The first-order valence-corrected chi connectivity index (χ1v) is 12.9. The molecule has 0 saturated heterocycles. The van der Waals surface area contributed by atoms with Crippen molar-refractivity contribution in [3.63, 3.8) is 0 Å². The maximum atomic E-state index is 12.6. The number of halogens is 1. The summed E-state index contributed by atoms with van der Waals surface area (Å²) in [6.07, 6.45) is 7.86. The van der Waals surface area contributed by atoms with E-state index < -0.39 is 5.97 Å². The summed E-state index contributed by atoms with van der Waals surface area (Å²) in [5, 5.41) is 3.80. The number of ether oxygens (including phenoxy) is 3. The van der Waals surface area contributed by atoms with E-state index in [0.29, 0.717) is 33.0 Å². The molecule has 1 aliphatic rings. The highest BCUT2D eigenvalue weighted by Crippen LogP contribution is 2.35. The van der Waals surface area contributed by atoms with E-state index in [9.17, 15) is 9.59 Å². The smallest absolute Gasteiger partial charge is 0.338 e. The van der Waals surface area contributed by atoms with Gasteiger partial charge in [0, 0.05) is 23.9 Å². The molecule has 9 heteroatoms. The lowest BCUT2D eigenvalue weighted by Gasteiger charge is -2.10. The van der Waals surface area contributed by atoms with E-state index in [0.717, 1.165) is 17.2 Å². The molecule has 1 fully saturated rings. The lowest BCUT2D eigenvalue weighted by Crippen LogP contribution is -2.31. The lowest BCUT2D eigenvalue weighted by molar-refractivity contribution is 0.0526. The van der Waals surface area contributed by atoms with Gasteiger partial charge in [-0.25, -0.2) is 9.78 Å². The summed E-state index contributed by atoms with van der Waals surface area (Å²) in [7, 11) is 0. The van der Waals surface area contributed by atoms with Crippen LogP contribution in [0.3, 0.4) is 0 Å². The second-order valence-corrected chi connectivity index (χ2v) is 9.83. The Bertz CT molecular complexity index is 1250. The summed E-state index contributed by atoms with van der Waals surface area (Å²) in [4.78, 5) is 29.7. The zero-order chi connectivity index (χ0) is 25.5. The number of thiazole rings is 1. The highest BCUT2D eigenvalue weighted by Gasteiger charge is 2.22. The number of esters is 1. The summed E-state index contributed by atoms with van der Waals surface area (Å²) in [5.41, 5.74) is 0.723. The summed E-state index contributed by atoms with van der Waals surface area (Å²) in [6.45, 7) is 4.58. The van der Waals surface area contributed by atoms with Crippen molar-refractivity contribution >= 4 is 40.9 Å². The predicted octanol–water partition coefficient (Wildman–Crippen LogP) is 6.39. The number of rotatable bonds is 11. The van der Waals surface area contributed by atoms with E-state index in [1.807, 2.05) is 25.1 Å². The molecule has 1 atom stereocenters. The fourth-order valence-corrected chi connectivity index (χ4v) is 4.12. The zero-order valence-electron chi connectivity index (χ0n) is 20.0. The Morgan fingerprint density at radius 2 is 2.03 bits per heavy atom. The second kappa shape index (κ2) is 12.1. The van der Waals surface area contributed by atoms with E-state index in [4.69, 9.17) is 25.8 Å². The largest absolute Gasteiger partial charge is 0.493 e. The molecule has 7 nitrogen and oxygen atoms in total. The molecule has 0 aliphatic heterocycles. The molecule has 3 aromatic rings. The van der Waals surface area contributed by atoms with Gasteiger partial charge < -0.3 is 19.5 Å². The van der Waals surface area contributed by atoms with Gasteiger partial charge in [0.2, 0.25) is 0 Å². The van der Waals surface area contributed by atoms with Gasteiger partial charge in [0.05, 0.1) is 28.7 Å². The maximum Gasteiger partial charge on any atom is 0.338 e. The van der Waals surface area contributed by atoms with E-state index in [1.54, 1.807) is 43.5 Å². The first-order chi connectivity index (χ1) is 17.4. The van der Waals surface area contributed by atoms with Gasteiger partial charge in [-0.05, 0) is 69.0 Å². The average Bonchev–Trinajstić information content (AvgIpc) is 3.60. The number of amides is 1. The fourth-order valence-electron chi connectivity index (χ4n) is 3.22. The molecule has 1 aromatic heterocycles. The van der Waals surface area contributed by atoms with E-state index in [2.05, 4.69) is 10.3 Å². The van der Waals surface area contributed by atoms with Crippen molar-refractivity contribution in [2.75, 3.05) is 13.2 Å². The van der Waals surface area contributed by atoms with Gasteiger partial charge in [0.25, 0.3) is 11.1 Å². The molecule has 1 amide bonds. The summed E-state index contributed by atoms with van der Waals surface area (Å²) in [5.74, 6) is 1.16. The van der Waals surface area contributed by atoms with Crippen LogP contribution in [0.5, 0.6) is 16.7 Å². The van der Waals surface area contributed by atoms with Gasteiger partial charge in [0.1, 0.15) is 11.5 Å². The van der Waals surface area contributed by atoms with Crippen molar-refractivity contribution in [1.29, 1.82) is 0 Å². The molecule has 0 radical (unpaired) electrons. The Balaban J connectivity index is 1.30. The van der Waals surface area contributed by atoms with E-state index >= 15 is 0 Å². The van der Waals surface area contributed by atoms with Crippen LogP contribution in [0.25, 0.3) is 6.08 Å². The standard InChI is InChI=1S/C27H27ClN2O5S/c1-3-33-26(32)20-6-4-5-19(13-20)25(31)30-17(2)7-11-22-15-29-27(36-22)35-24-12-10-21(14-23(24)28)34-16-18-8-9-18/h4-7,10-15,17-18H,3,8-9,16H2,1-2H3,(H,30,31)/t17-/m0/s1. The normalized spacial score (nSPS) is 13.9. The van der Waals surface area contributed by atoms with Gasteiger partial charge in [-0.3, -0.25) is 4.79 Å². The van der Waals surface area contributed by atoms with Gasteiger partial charge >= 0.3 is 5.97 Å². The van der Waals surface area contributed by atoms with Crippen molar-refractivity contribution in [1.82, 2.24) is 10.3 Å². The molecule has 1 N–H and O–H groups in total. The predicted molar refractivity (Wildman–Crippen MR) is 140 cm³/mol. The minimum atomic E-state index is -0.456. The third-order valence-corrected chi connectivity index (χ3v) is 6.47. The molecule has 188 valence electrons. The molecule has 2 aromatic carbocycles. The summed E-state index contributed by atoms with van der Waals surface area (Å²) < 4.78 is 16.6. The van der Waals surface area contributed by atoms with Crippen LogP contribution in [0.4, 0.5) is 0 Å². The van der Waals surface area contributed by atoms with Crippen LogP contribution in [-0.2, 0) is 4.74 Å². The van der Waals surface area contributed by atoms with Crippen molar-refractivity contribution in [3.8, 4) is 16.7 Å². The first kappa shape index (κ1) is 25.7. The van der Waals surface area contributed by atoms with E-state index in [-0.39, 0.29) is 18.6 Å². The Morgan fingerprint density at radius 3 is 2.78 bits per heavy atom. The molecular weight excluding hydrogens is 500 g/mol. The fraction of sp³-hybridized carbons (Fsp3) is 0.296. The molecular formula is C27H27ClN2O5S. The van der Waals surface area contributed by atoms with Crippen LogP contribution in [0.1, 0.15) is 52.3 Å². The van der Waals surface area contributed by atoms with Crippen LogP contribution in [0.2, 0.25) is 5.02 Å². The molecule has 1 heterocycles. The lowest BCUT2D eigenvalue weighted by atomic mass is 10.1. The van der Waals surface area contributed by atoms with Crippen LogP contribution in [-0.4, -0.2) is 36.1 Å². The van der Waals surface area contributed by atoms with Gasteiger partial charge in [-0.1, -0.05) is 35.1 Å². The molecule has 0 bridgehead atoms. The second-order valence-electron chi connectivity index (χ2n) is 8.40. The summed E-state index contributed by atoms with van der Waals surface area (Å²) in [6, 6.07) is 11.5. The minimum absolute atomic E-state index is 0.257. The van der Waals surface area contributed by atoms with Crippen molar-refractivity contribution < 1.29 is 23.8 Å². The SMILES string of the molecule is CCOC(=O)c1cccc(C(=O)N[C@@H](C)C=Cc2cnc(Oc3ccc(OCC4CC4)cc3Cl)s2)c1. The topological polar surface area (TPSA) is 86.8 Å². The molecule has 36 heavy (non-hydrogen) atoms.